The summed E-state index contributed by atoms with van der Waals surface area (Å²) < 4.78 is 13.5. The van der Waals surface area contributed by atoms with Crippen LogP contribution in [0.3, 0.4) is 0 Å². The van der Waals surface area contributed by atoms with Gasteiger partial charge in [-0.2, -0.15) is 10.1 Å². The minimum absolute atomic E-state index is 0.00163. The van der Waals surface area contributed by atoms with Crippen molar-refractivity contribution in [1.82, 2.24) is 5.01 Å². The van der Waals surface area contributed by atoms with E-state index in [2.05, 4.69) is 10.3 Å². The average Bonchev–Trinajstić information content (AvgIpc) is 3.45. The number of nitrogens with one attached hydrogen (secondary N) is 1. The summed E-state index contributed by atoms with van der Waals surface area (Å²) in [5.41, 5.74) is 4.27. The number of aryl methyl sites for hydroxylation is 1. The molecule has 2 atom stereocenters. The van der Waals surface area contributed by atoms with Crippen LogP contribution >= 0.6 is 23.4 Å². The average molecular weight is 521 g/mol. The molecular weight excluding hydrogens is 499 g/mol. The molecule has 2 heterocycles. The molecule has 0 unspecified atom stereocenters. The van der Waals surface area contributed by atoms with Crippen molar-refractivity contribution in [3.8, 4) is 0 Å². The van der Waals surface area contributed by atoms with Gasteiger partial charge in [-0.1, -0.05) is 65.3 Å². The fourth-order valence-corrected chi connectivity index (χ4v) is 5.26. The van der Waals surface area contributed by atoms with Crippen LogP contribution in [-0.2, 0) is 9.59 Å². The number of aliphatic imine (C=N–C) groups is 1. The molecule has 5 rings (SSSR count). The molecule has 1 N–H and O–H groups in total. The molecule has 3 aromatic rings. The minimum Gasteiger partial charge on any atom is -0.326 e. The first-order valence-corrected chi connectivity index (χ1v) is 12.7. The second-order valence-corrected chi connectivity index (χ2v) is 10.2. The van der Waals surface area contributed by atoms with E-state index in [0.717, 1.165) is 22.4 Å². The van der Waals surface area contributed by atoms with Crippen molar-refractivity contribution < 1.29 is 14.0 Å². The number of nitrogens with zero attached hydrogens (tertiary/aromatic N) is 3. The van der Waals surface area contributed by atoms with Gasteiger partial charge >= 0.3 is 0 Å². The third-order valence-corrected chi connectivity index (χ3v) is 7.37. The van der Waals surface area contributed by atoms with E-state index in [1.54, 1.807) is 29.3 Å². The lowest BCUT2D eigenvalue weighted by Gasteiger charge is -2.23. The topological polar surface area (TPSA) is 74.1 Å². The highest BCUT2D eigenvalue weighted by atomic mass is 35.5. The Kier molecular flexibility index (Phi) is 6.89. The fourth-order valence-electron chi connectivity index (χ4n) is 4.07. The Morgan fingerprint density at radius 3 is 2.47 bits per heavy atom. The molecule has 182 valence electrons. The van der Waals surface area contributed by atoms with Crippen LogP contribution in [0.1, 0.15) is 35.6 Å². The predicted molar refractivity (Wildman–Crippen MR) is 142 cm³/mol. The molecule has 0 radical (unpaired) electrons. The van der Waals surface area contributed by atoms with Gasteiger partial charge in [-0.3, -0.25) is 9.59 Å². The number of hydrogen-bond acceptors (Lipinski definition) is 5. The Labute approximate surface area is 217 Å². The normalized spacial score (nSPS) is 19.3. The van der Waals surface area contributed by atoms with Crippen LogP contribution in [-0.4, -0.2) is 33.0 Å². The van der Waals surface area contributed by atoms with E-state index in [-0.39, 0.29) is 30.1 Å². The molecule has 3 aromatic carbocycles. The van der Waals surface area contributed by atoms with Crippen molar-refractivity contribution in [2.24, 2.45) is 10.1 Å². The van der Waals surface area contributed by atoms with Gasteiger partial charge in [0.05, 0.1) is 11.8 Å². The summed E-state index contributed by atoms with van der Waals surface area (Å²) in [6, 6.07) is 20.8. The Bertz CT molecular complexity index is 1360. The van der Waals surface area contributed by atoms with Gasteiger partial charge < -0.3 is 5.32 Å². The first kappa shape index (κ1) is 24.2. The lowest BCUT2D eigenvalue weighted by atomic mass is 9.99. The van der Waals surface area contributed by atoms with E-state index in [1.165, 1.54) is 23.9 Å². The van der Waals surface area contributed by atoms with Crippen LogP contribution in [0.5, 0.6) is 0 Å². The zero-order chi connectivity index (χ0) is 25.2. The van der Waals surface area contributed by atoms with Gasteiger partial charge in [0.15, 0.2) is 5.17 Å². The number of hydrogen-bond donors (Lipinski definition) is 1. The zero-order valence-corrected chi connectivity index (χ0v) is 20.9. The van der Waals surface area contributed by atoms with Crippen molar-refractivity contribution in [1.29, 1.82) is 0 Å². The highest BCUT2D eigenvalue weighted by Gasteiger charge is 2.39. The van der Waals surface area contributed by atoms with Crippen LogP contribution in [0.2, 0.25) is 5.02 Å². The molecule has 0 saturated heterocycles. The van der Waals surface area contributed by atoms with E-state index in [0.29, 0.717) is 22.3 Å². The lowest BCUT2D eigenvalue weighted by Crippen LogP contribution is -2.25. The molecule has 0 bridgehead atoms. The van der Waals surface area contributed by atoms with Crippen LogP contribution in [0, 0.1) is 12.7 Å². The van der Waals surface area contributed by atoms with Gasteiger partial charge in [-0.25, -0.2) is 9.40 Å². The second kappa shape index (κ2) is 10.2. The Morgan fingerprint density at radius 1 is 1.08 bits per heavy atom. The summed E-state index contributed by atoms with van der Waals surface area (Å²) in [6.07, 6.45) is 0.540. The Balaban J connectivity index is 1.35. The third-order valence-electron chi connectivity index (χ3n) is 5.97. The summed E-state index contributed by atoms with van der Waals surface area (Å²) in [4.78, 5) is 29.6. The minimum atomic E-state index is -0.638. The van der Waals surface area contributed by atoms with Gasteiger partial charge in [0, 0.05) is 23.6 Å². The number of thioether (sulfide) groups is 1. The van der Waals surface area contributed by atoms with E-state index in [9.17, 15) is 14.0 Å². The molecular formula is C27H22ClFN4O2S. The summed E-state index contributed by atoms with van der Waals surface area (Å²) >= 11 is 7.32. The number of anilines is 1. The summed E-state index contributed by atoms with van der Waals surface area (Å²) in [5, 5.41) is 9.74. The fraction of sp³-hybridized carbons (Fsp3) is 0.185. The molecule has 0 aliphatic carbocycles. The largest absolute Gasteiger partial charge is 0.326 e. The number of amides is 2. The number of halogens is 2. The molecule has 0 spiro atoms. The van der Waals surface area contributed by atoms with Gasteiger partial charge in [-0.15, -0.1) is 0 Å². The molecule has 0 saturated carbocycles. The van der Waals surface area contributed by atoms with Gasteiger partial charge in [0.25, 0.3) is 5.91 Å². The van der Waals surface area contributed by atoms with Crippen molar-refractivity contribution in [3.63, 3.8) is 0 Å². The van der Waals surface area contributed by atoms with Crippen molar-refractivity contribution >= 4 is 51.7 Å². The number of benzene rings is 3. The summed E-state index contributed by atoms with van der Waals surface area (Å²) in [6.45, 7) is 1.97. The standard InChI is InChI=1S/C27H22ClFN4O2S/c1-16-2-12-21(13-3-16)30-25(34)15-24-26(35)31-27(36-24)33-23(18-4-8-19(28)9-5-18)14-22(32-33)17-6-10-20(29)11-7-17/h2-13,23-24H,14-15H2,1H3,(H,30,34)/t23-,24-/m0/s1. The lowest BCUT2D eigenvalue weighted by molar-refractivity contribution is -0.121. The smallest absolute Gasteiger partial charge is 0.262 e. The molecule has 2 amide bonds. The van der Waals surface area contributed by atoms with Crippen LogP contribution in [0.4, 0.5) is 10.1 Å². The highest BCUT2D eigenvalue weighted by Crippen LogP contribution is 2.39. The van der Waals surface area contributed by atoms with Gasteiger partial charge in [0.1, 0.15) is 11.1 Å². The quantitative estimate of drug-likeness (QED) is 0.450. The zero-order valence-electron chi connectivity index (χ0n) is 19.3. The third kappa shape index (κ3) is 5.34. The second-order valence-electron chi connectivity index (χ2n) is 8.63. The maximum atomic E-state index is 13.5. The molecule has 9 heteroatoms. The summed E-state index contributed by atoms with van der Waals surface area (Å²) in [7, 11) is 0. The molecule has 36 heavy (non-hydrogen) atoms. The predicted octanol–water partition coefficient (Wildman–Crippen LogP) is 5.97. The number of rotatable bonds is 5. The van der Waals surface area contributed by atoms with E-state index < -0.39 is 5.25 Å². The maximum Gasteiger partial charge on any atom is 0.262 e. The van der Waals surface area contributed by atoms with Crippen molar-refractivity contribution in [2.75, 3.05) is 5.32 Å². The van der Waals surface area contributed by atoms with Gasteiger partial charge in [0.2, 0.25) is 5.91 Å². The van der Waals surface area contributed by atoms with Crippen LogP contribution < -0.4 is 5.32 Å². The van der Waals surface area contributed by atoms with Crippen LogP contribution in [0.15, 0.2) is 82.9 Å². The Hall–Kier alpha value is -3.49. The van der Waals surface area contributed by atoms with Crippen LogP contribution in [0.25, 0.3) is 0 Å². The summed E-state index contributed by atoms with van der Waals surface area (Å²) in [5.74, 6) is -0.946. The molecule has 2 aliphatic rings. The van der Waals surface area contributed by atoms with E-state index in [4.69, 9.17) is 16.7 Å². The van der Waals surface area contributed by atoms with E-state index >= 15 is 0 Å². The SMILES string of the molecule is Cc1ccc(NC(=O)C[C@@H]2SC(N3N=C(c4ccc(F)cc4)C[C@H]3c3ccc(Cl)cc3)=NC2=O)cc1. The number of amidine groups is 1. The molecule has 2 aliphatic heterocycles. The first-order valence-electron chi connectivity index (χ1n) is 11.4. The van der Waals surface area contributed by atoms with Gasteiger partial charge in [-0.05, 0) is 54.4 Å². The van der Waals surface area contributed by atoms with Crippen molar-refractivity contribution in [3.05, 3.63) is 100 Å². The number of carbonyl (C=O) groups is 2. The van der Waals surface area contributed by atoms with Crippen molar-refractivity contribution in [2.45, 2.75) is 31.1 Å². The molecule has 6 nitrogen and oxygen atoms in total. The number of hydrazone groups is 1. The number of carbonyl (C=O) groups excluding carboxylic acids is 2. The maximum absolute atomic E-state index is 13.5. The molecule has 0 fully saturated rings. The highest BCUT2D eigenvalue weighted by molar-refractivity contribution is 8.15. The monoisotopic (exact) mass is 520 g/mol. The Morgan fingerprint density at radius 2 is 1.78 bits per heavy atom. The molecule has 0 aromatic heterocycles. The van der Waals surface area contributed by atoms with E-state index in [1.807, 2.05) is 43.3 Å². The first-order chi connectivity index (χ1) is 17.4.